The van der Waals surface area contributed by atoms with Crippen LogP contribution in [0.25, 0.3) is 0 Å². The van der Waals surface area contributed by atoms with Crippen LogP contribution in [-0.4, -0.2) is 25.3 Å². The second kappa shape index (κ2) is 5.85. The van der Waals surface area contributed by atoms with Gasteiger partial charge in [-0.3, -0.25) is 0 Å². The highest BCUT2D eigenvalue weighted by Crippen LogP contribution is 2.66. The molecule has 0 heterocycles. The minimum Gasteiger partial charge on any atom is -0.376 e. The van der Waals surface area contributed by atoms with Gasteiger partial charge in [0.2, 0.25) is 0 Å². The van der Waals surface area contributed by atoms with Gasteiger partial charge in [-0.15, -0.1) is 0 Å². The number of fused-ring (bicyclic) bond motifs is 2. The Balaban J connectivity index is 1.41. The van der Waals surface area contributed by atoms with E-state index in [1.54, 1.807) is 0 Å². The summed E-state index contributed by atoms with van der Waals surface area (Å²) in [6.45, 7) is 11.7. The lowest BCUT2D eigenvalue weighted by Crippen LogP contribution is -2.40. The quantitative estimate of drug-likeness (QED) is 0.759. The summed E-state index contributed by atoms with van der Waals surface area (Å²) < 4.78 is 6.33. The minimum absolute atomic E-state index is 0.414. The van der Waals surface area contributed by atoms with Gasteiger partial charge < -0.3 is 10.1 Å². The summed E-state index contributed by atoms with van der Waals surface area (Å²) in [7, 11) is 0. The van der Waals surface area contributed by atoms with Crippen LogP contribution in [-0.2, 0) is 4.74 Å². The molecule has 21 heavy (non-hydrogen) atoms. The Morgan fingerprint density at radius 1 is 1.10 bits per heavy atom. The van der Waals surface area contributed by atoms with Crippen molar-refractivity contribution >= 4 is 0 Å². The molecule has 0 aromatic rings. The van der Waals surface area contributed by atoms with Crippen molar-refractivity contribution in [2.24, 2.45) is 22.7 Å². The molecular weight excluding hydrogens is 258 g/mol. The normalized spacial score (nSPS) is 45.1. The monoisotopic (exact) mass is 293 g/mol. The lowest BCUT2D eigenvalue weighted by Gasteiger charge is -2.39. The summed E-state index contributed by atoms with van der Waals surface area (Å²) in [6, 6.07) is 0.740. The third-order valence-electron chi connectivity index (χ3n) is 7.50. The lowest BCUT2D eigenvalue weighted by atomic mass is 9.70. The standard InChI is InChI=1S/C19H35NO/c1-14-6-5-7-16(12-14)20-10-11-21-17-13-15-8-9-19(17,4)18(15,2)3/h14-17,20H,5-13H2,1-4H3. The molecule has 3 aliphatic rings. The first-order chi connectivity index (χ1) is 9.93. The van der Waals surface area contributed by atoms with Gasteiger partial charge in [0.15, 0.2) is 0 Å². The van der Waals surface area contributed by atoms with Crippen LogP contribution in [0.2, 0.25) is 0 Å². The molecule has 2 heteroatoms. The van der Waals surface area contributed by atoms with Crippen LogP contribution in [0, 0.1) is 22.7 Å². The molecule has 2 nitrogen and oxygen atoms in total. The Bertz CT molecular complexity index is 367. The first-order valence-electron chi connectivity index (χ1n) is 9.28. The maximum Gasteiger partial charge on any atom is 0.0637 e. The van der Waals surface area contributed by atoms with E-state index in [0.29, 0.717) is 16.9 Å². The largest absolute Gasteiger partial charge is 0.376 e. The molecule has 3 aliphatic carbocycles. The van der Waals surface area contributed by atoms with Crippen molar-refractivity contribution in [1.82, 2.24) is 5.32 Å². The van der Waals surface area contributed by atoms with Crippen LogP contribution in [0.15, 0.2) is 0 Å². The molecule has 122 valence electrons. The minimum atomic E-state index is 0.414. The number of hydrogen-bond donors (Lipinski definition) is 1. The molecule has 2 bridgehead atoms. The molecule has 3 rings (SSSR count). The summed E-state index contributed by atoms with van der Waals surface area (Å²) in [6.07, 6.45) is 10.1. The number of hydrogen-bond acceptors (Lipinski definition) is 2. The maximum atomic E-state index is 6.33. The molecule has 0 aromatic carbocycles. The van der Waals surface area contributed by atoms with E-state index in [2.05, 4.69) is 33.0 Å². The summed E-state index contributed by atoms with van der Waals surface area (Å²) in [5, 5.41) is 3.73. The third kappa shape index (κ3) is 2.79. The molecule has 5 unspecified atom stereocenters. The van der Waals surface area contributed by atoms with Gasteiger partial charge in [-0.05, 0) is 54.8 Å². The smallest absolute Gasteiger partial charge is 0.0637 e. The maximum absolute atomic E-state index is 6.33. The van der Waals surface area contributed by atoms with Crippen LogP contribution in [0.5, 0.6) is 0 Å². The molecule has 0 spiro atoms. The van der Waals surface area contributed by atoms with Crippen molar-refractivity contribution in [1.29, 1.82) is 0 Å². The Kier molecular flexibility index (Phi) is 4.40. The van der Waals surface area contributed by atoms with Gasteiger partial charge in [-0.2, -0.15) is 0 Å². The molecule has 0 amide bonds. The highest BCUT2D eigenvalue weighted by Gasteiger charge is 2.61. The van der Waals surface area contributed by atoms with Gasteiger partial charge in [0, 0.05) is 12.6 Å². The topological polar surface area (TPSA) is 21.3 Å². The van der Waals surface area contributed by atoms with E-state index in [1.165, 1.54) is 44.9 Å². The van der Waals surface area contributed by atoms with Crippen molar-refractivity contribution in [3.8, 4) is 0 Å². The molecule has 3 fully saturated rings. The summed E-state index contributed by atoms with van der Waals surface area (Å²) in [5.74, 6) is 1.79. The first kappa shape index (κ1) is 15.8. The molecule has 0 aliphatic heterocycles. The van der Waals surface area contributed by atoms with Crippen molar-refractivity contribution in [2.75, 3.05) is 13.2 Å². The van der Waals surface area contributed by atoms with E-state index in [0.717, 1.165) is 31.0 Å². The van der Waals surface area contributed by atoms with Crippen molar-refractivity contribution in [3.63, 3.8) is 0 Å². The van der Waals surface area contributed by atoms with E-state index >= 15 is 0 Å². The molecular formula is C19H35NO. The van der Waals surface area contributed by atoms with Crippen molar-refractivity contribution < 1.29 is 4.74 Å². The fourth-order valence-electron chi connectivity index (χ4n) is 5.47. The van der Waals surface area contributed by atoms with Crippen molar-refractivity contribution in [3.05, 3.63) is 0 Å². The first-order valence-corrected chi connectivity index (χ1v) is 9.28. The predicted octanol–water partition coefficient (Wildman–Crippen LogP) is 4.39. The summed E-state index contributed by atoms with van der Waals surface area (Å²) >= 11 is 0. The van der Waals surface area contributed by atoms with Crippen molar-refractivity contribution in [2.45, 2.75) is 84.8 Å². The zero-order valence-corrected chi connectivity index (χ0v) is 14.6. The van der Waals surface area contributed by atoms with Crippen LogP contribution >= 0.6 is 0 Å². The zero-order chi connectivity index (χ0) is 15.1. The summed E-state index contributed by atoms with van der Waals surface area (Å²) in [4.78, 5) is 0. The Hall–Kier alpha value is -0.0800. The molecule has 1 N–H and O–H groups in total. The molecule has 5 atom stereocenters. The average molecular weight is 293 g/mol. The van der Waals surface area contributed by atoms with Crippen LogP contribution in [0.4, 0.5) is 0 Å². The van der Waals surface area contributed by atoms with Gasteiger partial charge in [-0.1, -0.05) is 40.5 Å². The fourth-order valence-corrected chi connectivity index (χ4v) is 5.47. The molecule has 0 aromatic heterocycles. The van der Waals surface area contributed by atoms with Crippen LogP contribution in [0.1, 0.15) is 72.6 Å². The fraction of sp³-hybridized carbons (Fsp3) is 1.00. The second-order valence-corrected chi connectivity index (χ2v) is 8.89. The predicted molar refractivity (Wildman–Crippen MR) is 88.4 cm³/mol. The van der Waals surface area contributed by atoms with E-state index in [-0.39, 0.29) is 0 Å². The van der Waals surface area contributed by atoms with Gasteiger partial charge in [0.1, 0.15) is 0 Å². The molecule has 3 saturated carbocycles. The number of ether oxygens (including phenoxy) is 1. The highest BCUT2D eigenvalue weighted by molar-refractivity contribution is 5.11. The van der Waals surface area contributed by atoms with Gasteiger partial charge in [-0.25, -0.2) is 0 Å². The van der Waals surface area contributed by atoms with Gasteiger partial charge in [0.25, 0.3) is 0 Å². The van der Waals surface area contributed by atoms with E-state index in [4.69, 9.17) is 4.74 Å². The molecule has 0 radical (unpaired) electrons. The molecule has 0 saturated heterocycles. The van der Waals surface area contributed by atoms with E-state index < -0.39 is 0 Å². The SMILES string of the molecule is CC1CCCC(NCCOC2CC3CCC2(C)C3(C)C)C1. The van der Waals surface area contributed by atoms with Crippen LogP contribution < -0.4 is 5.32 Å². The number of rotatable bonds is 5. The Morgan fingerprint density at radius 3 is 2.52 bits per heavy atom. The van der Waals surface area contributed by atoms with E-state index in [1.807, 2.05) is 0 Å². The number of nitrogens with one attached hydrogen (secondary N) is 1. The summed E-state index contributed by atoms with van der Waals surface area (Å²) in [5.41, 5.74) is 0.890. The van der Waals surface area contributed by atoms with Gasteiger partial charge >= 0.3 is 0 Å². The highest BCUT2D eigenvalue weighted by atomic mass is 16.5. The Morgan fingerprint density at radius 2 is 1.90 bits per heavy atom. The second-order valence-electron chi connectivity index (χ2n) is 8.89. The average Bonchev–Trinajstić information content (AvgIpc) is 2.76. The van der Waals surface area contributed by atoms with Gasteiger partial charge in [0.05, 0.1) is 12.7 Å². The van der Waals surface area contributed by atoms with Crippen LogP contribution in [0.3, 0.4) is 0 Å². The third-order valence-corrected chi connectivity index (χ3v) is 7.50. The Labute approximate surface area is 131 Å². The lowest BCUT2D eigenvalue weighted by molar-refractivity contribution is -0.0456. The van der Waals surface area contributed by atoms with E-state index in [9.17, 15) is 0 Å². The zero-order valence-electron chi connectivity index (χ0n) is 14.6.